The molecule has 5 nitrogen and oxygen atoms in total. The molecule has 78 valence electrons. The molecule has 14 heavy (non-hydrogen) atoms. The molecule has 1 aromatic heterocycles. The minimum atomic E-state index is 0.774. The largest absolute Gasteiger partial charge is 0.353 e. The van der Waals surface area contributed by atoms with Gasteiger partial charge in [0.25, 0.3) is 0 Å². The molecule has 1 fully saturated rings. The molecule has 0 aliphatic heterocycles. The first kappa shape index (κ1) is 9.43. The Bertz CT molecular complexity index is 276. The number of aryl methyl sites for hydroxylation is 1. The van der Waals surface area contributed by atoms with E-state index in [-0.39, 0.29) is 0 Å². The van der Waals surface area contributed by atoms with Gasteiger partial charge >= 0.3 is 0 Å². The summed E-state index contributed by atoms with van der Waals surface area (Å²) in [5.41, 5.74) is 0. The zero-order valence-corrected chi connectivity index (χ0v) is 8.61. The van der Waals surface area contributed by atoms with Crippen molar-refractivity contribution in [1.29, 1.82) is 0 Å². The monoisotopic (exact) mass is 195 g/mol. The second kappa shape index (κ2) is 4.39. The fourth-order valence-corrected chi connectivity index (χ4v) is 2.01. The number of nitrogens with zero attached hydrogens (tertiary/aromatic N) is 4. The van der Waals surface area contributed by atoms with Crippen LogP contribution in [0.1, 0.15) is 32.1 Å². The van der Waals surface area contributed by atoms with Crippen molar-refractivity contribution in [2.24, 2.45) is 13.0 Å². The van der Waals surface area contributed by atoms with E-state index in [9.17, 15) is 0 Å². The van der Waals surface area contributed by atoms with Crippen molar-refractivity contribution in [2.45, 2.75) is 32.1 Å². The van der Waals surface area contributed by atoms with E-state index in [1.54, 1.807) is 4.68 Å². The van der Waals surface area contributed by atoms with Gasteiger partial charge in [0.1, 0.15) is 0 Å². The molecule has 0 bridgehead atoms. The van der Waals surface area contributed by atoms with E-state index in [0.717, 1.165) is 18.4 Å². The molecule has 0 saturated heterocycles. The molecule has 0 spiro atoms. The van der Waals surface area contributed by atoms with Crippen molar-refractivity contribution in [3.05, 3.63) is 0 Å². The average molecular weight is 195 g/mol. The summed E-state index contributed by atoms with van der Waals surface area (Å²) >= 11 is 0. The molecular weight excluding hydrogens is 178 g/mol. The lowest BCUT2D eigenvalue weighted by Crippen LogP contribution is -2.18. The molecule has 1 heterocycles. The van der Waals surface area contributed by atoms with Gasteiger partial charge in [0.05, 0.1) is 0 Å². The van der Waals surface area contributed by atoms with Gasteiger partial charge in [0.2, 0.25) is 5.95 Å². The summed E-state index contributed by atoms with van der Waals surface area (Å²) < 4.78 is 1.67. The number of rotatable bonds is 3. The Hall–Kier alpha value is -1.13. The number of nitrogens with one attached hydrogen (secondary N) is 1. The van der Waals surface area contributed by atoms with Gasteiger partial charge in [0.15, 0.2) is 0 Å². The lowest BCUT2D eigenvalue weighted by Gasteiger charge is -2.21. The Morgan fingerprint density at radius 2 is 2.14 bits per heavy atom. The van der Waals surface area contributed by atoms with E-state index in [1.165, 1.54) is 32.1 Å². The maximum absolute atomic E-state index is 3.89. The van der Waals surface area contributed by atoms with Crippen LogP contribution in [0.3, 0.4) is 0 Å². The number of hydrogen-bond donors (Lipinski definition) is 1. The molecule has 1 aliphatic carbocycles. The maximum Gasteiger partial charge on any atom is 0.242 e. The Balaban J connectivity index is 1.79. The van der Waals surface area contributed by atoms with Crippen LogP contribution in [-0.2, 0) is 7.05 Å². The van der Waals surface area contributed by atoms with Gasteiger partial charge in [-0.05, 0) is 29.2 Å². The number of anilines is 1. The van der Waals surface area contributed by atoms with E-state index < -0.39 is 0 Å². The normalized spacial score (nSPS) is 18.4. The zero-order chi connectivity index (χ0) is 9.80. The summed E-state index contributed by atoms with van der Waals surface area (Å²) in [5.74, 6) is 1.58. The summed E-state index contributed by atoms with van der Waals surface area (Å²) in [7, 11) is 1.85. The molecular formula is C9H17N5. The average Bonchev–Trinajstić information content (AvgIpc) is 2.63. The Morgan fingerprint density at radius 1 is 1.36 bits per heavy atom. The highest BCUT2D eigenvalue weighted by molar-refractivity contribution is 5.20. The summed E-state index contributed by atoms with van der Waals surface area (Å²) in [6, 6.07) is 0. The first-order valence-electron chi connectivity index (χ1n) is 5.32. The van der Waals surface area contributed by atoms with Crippen molar-refractivity contribution >= 4 is 5.95 Å². The molecule has 1 aromatic rings. The van der Waals surface area contributed by atoms with Gasteiger partial charge in [-0.15, -0.1) is 0 Å². The van der Waals surface area contributed by atoms with Crippen LogP contribution in [0.5, 0.6) is 0 Å². The number of tetrazole rings is 1. The molecule has 0 aromatic carbocycles. The predicted octanol–water partition coefficient (Wildman–Crippen LogP) is 1.20. The van der Waals surface area contributed by atoms with Crippen molar-refractivity contribution in [3.63, 3.8) is 0 Å². The Labute approximate surface area is 83.9 Å². The third-order valence-corrected chi connectivity index (χ3v) is 2.89. The van der Waals surface area contributed by atoms with Crippen LogP contribution in [-0.4, -0.2) is 26.8 Å². The highest BCUT2D eigenvalue weighted by Crippen LogP contribution is 2.23. The quantitative estimate of drug-likeness (QED) is 0.787. The van der Waals surface area contributed by atoms with Gasteiger partial charge in [-0.3, -0.25) is 0 Å². The van der Waals surface area contributed by atoms with Gasteiger partial charge in [-0.25, -0.2) is 4.68 Å². The van der Waals surface area contributed by atoms with E-state index in [4.69, 9.17) is 0 Å². The lowest BCUT2D eigenvalue weighted by atomic mass is 9.89. The van der Waals surface area contributed by atoms with Gasteiger partial charge in [0, 0.05) is 13.6 Å². The van der Waals surface area contributed by atoms with Crippen LogP contribution in [0.25, 0.3) is 0 Å². The maximum atomic E-state index is 3.89. The summed E-state index contributed by atoms with van der Waals surface area (Å²) in [6.07, 6.45) is 6.85. The van der Waals surface area contributed by atoms with Gasteiger partial charge in [-0.1, -0.05) is 24.4 Å². The first-order chi connectivity index (χ1) is 6.86. The number of hydrogen-bond acceptors (Lipinski definition) is 4. The van der Waals surface area contributed by atoms with E-state index in [0.29, 0.717) is 0 Å². The van der Waals surface area contributed by atoms with Crippen molar-refractivity contribution in [3.8, 4) is 0 Å². The molecule has 0 amide bonds. The van der Waals surface area contributed by atoms with Crippen LogP contribution in [0.15, 0.2) is 0 Å². The standard InChI is InChI=1S/C9H17N5/c1-14-9(11-12-13-14)10-7-8-5-3-2-4-6-8/h8H,2-7H2,1H3,(H,10,11,13). The molecule has 0 atom stereocenters. The molecule has 1 N–H and O–H groups in total. The lowest BCUT2D eigenvalue weighted by molar-refractivity contribution is 0.372. The molecule has 0 radical (unpaired) electrons. The number of aromatic nitrogens is 4. The zero-order valence-electron chi connectivity index (χ0n) is 8.61. The Morgan fingerprint density at radius 3 is 2.79 bits per heavy atom. The minimum absolute atomic E-state index is 0.774. The first-order valence-corrected chi connectivity index (χ1v) is 5.32. The fourth-order valence-electron chi connectivity index (χ4n) is 2.01. The smallest absolute Gasteiger partial charge is 0.242 e. The molecule has 0 unspecified atom stereocenters. The third kappa shape index (κ3) is 2.21. The molecule has 2 rings (SSSR count). The van der Waals surface area contributed by atoms with Crippen molar-refractivity contribution in [2.75, 3.05) is 11.9 Å². The highest BCUT2D eigenvalue weighted by atomic mass is 15.6. The SMILES string of the molecule is Cn1nnnc1NCC1CCCCC1. The summed E-state index contributed by atoms with van der Waals surface area (Å²) in [5, 5.41) is 14.5. The fraction of sp³-hybridized carbons (Fsp3) is 0.889. The van der Waals surface area contributed by atoms with Gasteiger partial charge < -0.3 is 5.32 Å². The van der Waals surface area contributed by atoms with Crippen LogP contribution < -0.4 is 5.32 Å². The summed E-state index contributed by atoms with van der Waals surface area (Å²) in [6.45, 7) is 1.01. The molecule has 5 heteroatoms. The summed E-state index contributed by atoms with van der Waals surface area (Å²) in [4.78, 5) is 0. The van der Waals surface area contributed by atoms with Crippen molar-refractivity contribution < 1.29 is 0 Å². The second-order valence-electron chi connectivity index (χ2n) is 4.01. The van der Waals surface area contributed by atoms with Crippen molar-refractivity contribution in [1.82, 2.24) is 20.2 Å². The molecule has 1 saturated carbocycles. The van der Waals surface area contributed by atoms with Crippen LogP contribution >= 0.6 is 0 Å². The highest BCUT2D eigenvalue weighted by Gasteiger charge is 2.13. The Kier molecular flexibility index (Phi) is 2.96. The van der Waals surface area contributed by atoms with E-state index in [2.05, 4.69) is 20.8 Å². The van der Waals surface area contributed by atoms with Gasteiger partial charge in [-0.2, -0.15) is 0 Å². The second-order valence-corrected chi connectivity index (χ2v) is 4.01. The predicted molar refractivity (Wildman–Crippen MR) is 53.9 cm³/mol. The van der Waals surface area contributed by atoms with Crippen LogP contribution in [0.2, 0.25) is 0 Å². The van der Waals surface area contributed by atoms with Crippen LogP contribution in [0, 0.1) is 5.92 Å². The topological polar surface area (TPSA) is 55.6 Å². The third-order valence-electron chi connectivity index (χ3n) is 2.89. The van der Waals surface area contributed by atoms with Crippen LogP contribution in [0.4, 0.5) is 5.95 Å². The molecule has 1 aliphatic rings. The minimum Gasteiger partial charge on any atom is -0.353 e. The van der Waals surface area contributed by atoms with E-state index >= 15 is 0 Å². The van der Waals surface area contributed by atoms with E-state index in [1.807, 2.05) is 7.05 Å².